The number of amides is 2. The molecule has 0 spiro atoms. The van der Waals surface area contributed by atoms with Gasteiger partial charge in [0.15, 0.2) is 0 Å². The minimum absolute atomic E-state index is 0.0250. The van der Waals surface area contributed by atoms with Gasteiger partial charge in [0, 0.05) is 19.2 Å². The summed E-state index contributed by atoms with van der Waals surface area (Å²) in [7, 11) is 0. The van der Waals surface area contributed by atoms with Gasteiger partial charge < -0.3 is 15.3 Å². The molecule has 0 unspecified atom stereocenters. The topological polar surface area (TPSA) is 113 Å². The normalized spacial score (nSPS) is 24.9. The molecule has 1 aromatic carbocycles. The maximum atomic E-state index is 12.6. The summed E-state index contributed by atoms with van der Waals surface area (Å²) in [5.74, 6) is -0.865. The van der Waals surface area contributed by atoms with Crippen molar-refractivity contribution in [2.45, 2.75) is 33.1 Å². The van der Waals surface area contributed by atoms with Crippen molar-refractivity contribution in [3.8, 4) is 0 Å². The molecule has 2 fully saturated rings. The average Bonchev–Trinajstić information content (AvgIpc) is 3.08. The Labute approximate surface area is 145 Å². The number of fused-ring (bicyclic) bond motifs is 1. The highest BCUT2D eigenvalue weighted by atomic mass is 16.6. The Morgan fingerprint density at radius 2 is 2.12 bits per heavy atom. The zero-order valence-electron chi connectivity index (χ0n) is 14.2. The Bertz CT molecular complexity index is 763. The highest BCUT2D eigenvalue weighted by molar-refractivity contribution is 5.93. The van der Waals surface area contributed by atoms with Gasteiger partial charge in [0.25, 0.3) is 5.69 Å². The lowest BCUT2D eigenvalue weighted by Crippen LogP contribution is -2.38. The molecule has 0 aromatic heterocycles. The molecular weight excluding hydrogens is 326 g/mol. The first-order chi connectivity index (χ1) is 11.8. The number of aryl methyl sites for hydroxylation is 1. The molecule has 2 aliphatic rings. The van der Waals surface area contributed by atoms with E-state index in [-0.39, 0.29) is 18.2 Å². The Kier molecular flexibility index (Phi) is 4.14. The zero-order chi connectivity index (χ0) is 18.4. The Balaban J connectivity index is 1.82. The third-order valence-electron chi connectivity index (χ3n) is 5.66. The quantitative estimate of drug-likeness (QED) is 0.645. The number of likely N-dealkylation sites (tertiary alicyclic amines) is 1. The van der Waals surface area contributed by atoms with Crippen LogP contribution < -0.4 is 5.32 Å². The number of nitrogens with zero attached hydrogens (tertiary/aromatic N) is 2. The fraction of sp³-hybridized carbons (Fsp3) is 0.529. The molecule has 2 amide bonds. The number of carbonyl (C=O) groups is 2. The second-order valence-corrected chi connectivity index (χ2v) is 7.02. The number of carbonyl (C=O) groups excluding carboxylic acids is 1. The van der Waals surface area contributed by atoms with Crippen molar-refractivity contribution in [2.24, 2.45) is 11.3 Å². The maximum absolute atomic E-state index is 12.6. The molecule has 2 atom stereocenters. The van der Waals surface area contributed by atoms with E-state index in [1.54, 1.807) is 19.9 Å². The lowest BCUT2D eigenvalue weighted by molar-refractivity contribution is -0.385. The lowest BCUT2D eigenvalue weighted by Gasteiger charge is -2.23. The van der Waals surface area contributed by atoms with E-state index in [1.165, 1.54) is 11.0 Å². The number of nitrogens with one attached hydrogen (secondary N) is 1. The van der Waals surface area contributed by atoms with Crippen LogP contribution in [-0.2, 0) is 4.79 Å². The van der Waals surface area contributed by atoms with Crippen LogP contribution in [0.15, 0.2) is 12.1 Å². The van der Waals surface area contributed by atoms with Crippen LogP contribution in [0, 0.1) is 35.3 Å². The van der Waals surface area contributed by atoms with Gasteiger partial charge in [-0.2, -0.15) is 0 Å². The number of urea groups is 1. The van der Waals surface area contributed by atoms with Crippen molar-refractivity contribution in [1.29, 1.82) is 0 Å². The molecule has 1 aliphatic heterocycles. The van der Waals surface area contributed by atoms with E-state index in [1.807, 2.05) is 0 Å². The van der Waals surface area contributed by atoms with Crippen LogP contribution in [0.2, 0.25) is 0 Å². The molecule has 25 heavy (non-hydrogen) atoms. The number of nitro groups is 1. The van der Waals surface area contributed by atoms with E-state index in [0.29, 0.717) is 24.2 Å². The first-order valence-electron chi connectivity index (χ1n) is 8.30. The van der Waals surface area contributed by atoms with Crippen molar-refractivity contribution in [3.05, 3.63) is 33.4 Å². The van der Waals surface area contributed by atoms with Gasteiger partial charge in [-0.25, -0.2) is 4.79 Å². The van der Waals surface area contributed by atoms with E-state index in [9.17, 15) is 24.8 Å². The summed E-state index contributed by atoms with van der Waals surface area (Å²) < 4.78 is 0. The van der Waals surface area contributed by atoms with Crippen molar-refractivity contribution >= 4 is 23.4 Å². The number of hydrogen-bond acceptors (Lipinski definition) is 4. The fourth-order valence-corrected chi connectivity index (χ4v) is 4.21. The molecule has 8 nitrogen and oxygen atoms in total. The van der Waals surface area contributed by atoms with Gasteiger partial charge in [-0.1, -0.05) is 12.5 Å². The number of hydrogen-bond donors (Lipinski definition) is 2. The predicted octanol–water partition coefficient (Wildman–Crippen LogP) is 2.93. The molecule has 1 heterocycles. The lowest BCUT2D eigenvalue weighted by atomic mass is 9.81. The molecule has 0 radical (unpaired) electrons. The second kappa shape index (κ2) is 6.02. The summed E-state index contributed by atoms with van der Waals surface area (Å²) in [5, 5.41) is 23.5. The molecule has 0 bridgehead atoms. The summed E-state index contributed by atoms with van der Waals surface area (Å²) >= 11 is 0. The number of rotatable bonds is 3. The van der Waals surface area contributed by atoms with Gasteiger partial charge in [-0.3, -0.25) is 14.9 Å². The number of nitro benzene ring substituents is 1. The van der Waals surface area contributed by atoms with Crippen LogP contribution in [0.1, 0.15) is 30.4 Å². The second-order valence-electron chi connectivity index (χ2n) is 7.02. The van der Waals surface area contributed by atoms with Crippen molar-refractivity contribution in [2.75, 3.05) is 18.4 Å². The summed E-state index contributed by atoms with van der Waals surface area (Å²) in [6, 6.07) is 2.61. The summed E-state index contributed by atoms with van der Waals surface area (Å²) in [5.41, 5.74) is 0.640. The molecular formula is C17H21N3O5. The molecule has 134 valence electrons. The van der Waals surface area contributed by atoms with Gasteiger partial charge in [0.2, 0.25) is 0 Å². The van der Waals surface area contributed by atoms with Crippen molar-refractivity contribution in [1.82, 2.24) is 4.90 Å². The van der Waals surface area contributed by atoms with Gasteiger partial charge >= 0.3 is 12.0 Å². The summed E-state index contributed by atoms with van der Waals surface area (Å²) in [6.07, 6.45) is 2.27. The number of aliphatic carboxylic acids is 1. The van der Waals surface area contributed by atoms with Gasteiger partial charge in [0.05, 0.1) is 21.6 Å². The zero-order valence-corrected chi connectivity index (χ0v) is 14.2. The number of benzene rings is 1. The first-order valence-corrected chi connectivity index (χ1v) is 8.30. The minimum Gasteiger partial charge on any atom is -0.481 e. The standard InChI is InChI=1S/C17H21N3O5/c1-10-5-6-13(20(24)25)11(2)14(10)18-16(23)19-8-12-4-3-7-17(12,9-19)15(21)22/h5-6,12H,3-4,7-9H2,1-2H3,(H,18,23)(H,21,22)/t12-,17+/m0/s1. The van der Waals surface area contributed by atoms with E-state index >= 15 is 0 Å². The van der Waals surface area contributed by atoms with Crippen LogP contribution in [0.5, 0.6) is 0 Å². The third kappa shape index (κ3) is 2.71. The van der Waals surface area contributed by atoms with E-state index in [4.69, 9.17) is 0 Å². The first kappa shape index (κ1) is 17.2. The van der Waals surface area contributed by atoms with Crippen LogP contribution >= 0.6 is 0 Å². The Hall–Kier alpha value is -2.64. The number of anilines is 1. The third-order valence-corrected chi connectivity index (χ3v) is 5.66. The highest BCUT2D eigenvalue weighted by Crippen LogP contribution is 2.49. The largest absolute Gasteiger partial charge is 0.481 e. The van der Waals surface area contributed by atoms with Gasteiger partial charge in [-0.15, -0.1) is 0 Å². The number of carboxylic acids is 1. The monoisotopic (exact) mass is 347 g/mol. The molecule has 1 saturated heterocycles. The fourth-order valence-electron chi connectivity index (χ4n) is 4.21. The predicted molar refractivity (Wildman–Crippen MR) is 90.6 cm³/mol. The summed E-state index contributed by atoms with van der Waals surface area (Å²) in [6.45, 7) is 3.96. The maximum Gasteiger partial charge on any atom is 0.321 e. The minimum atomic E-state index is -0.843. The van der Waals surface area contributed by atoms with Crippen molar-refractivity contribution in [3.63, 3.8) is 0 Å². The molecule has 1 saturated carbocycles. The molecule has 1 aliphatic carbocycles. The Morgan fingerprint density at radius 1 is 1.40 bits per heavy atom. The molecule has 2 N–H and O–H groups in total. The van der Waals surface area contributed by atoms with E-state index < -0.39 is 22.3 Å². The van der Waals surface area contributed by atoms with Crippen LogP contribution in [-0.4, -0.2) is 40.0 Å². The van der Waals surface area contributed by atoms with Crippen molar-refractivity contribution < 1.29 is 19.6 Å². The number of carboxylic acid groups (broad SMARTS) is 1. The van der Waals surface area contributed by atoms with E-state index in [2.05, 4.69) is 5.32 Å². The van der Waals surface area contributed by atoms with Gasteiger partial charge in [0.1, 0.15) is 0 Å². The molecule has 8 heteroatoms. The SMILES string of the molecule is Cc1ccc([N+](=O)[O-])c(C)c1NC(=O)N1C[C@@H]2CCC[C@@]2(C(=O)O)C1. The smallest absolute Gasteiger partial charge is 0.321 e. The highest BCUT2D eigenvalue weighted by Gasteiger charge is 2.55. The van der Waals surface area contributed by atoms with Crippen LogP contribution in [0.4, 0.5) is 16.2 Å². The average molecular weight is 347 g/mol. The van der Waals surface area contributed by atoms with Crippen LogP contribution in [0.25, 0.3) is 0 Å². The Morgan fingerprint density at radius 3 is 2.72 bits per heavy atom. The van der Waals surface area contributed by atoms with E-state index in [0.717, 1.165) is 18.4 Å². The molecule has 3 rings (SSSR count). The van der Waals surface area contributed by atoms with Gasteiger partial charge in [-0.05, 0) is 38.2 Å². The molecule has 1 aromatic rings. The summed E-state index contributed by atoms with van der Waals surface area (Å²) in [4.78, 5) is 36.5. The van der Waals surface area contributed by atoms with Crippen LogP contribution in [0.3, 0.4) is 0 Å².